The first-order valence-corrected chi connectivity index (χ1v) is 8.14. The molecule has 0 radical (unpaired) electrons. The molecule has 0 unspecified atom stereocenters. The first-order valence-electron chi connectivity index (χ1n) is 6.43. The number of nitrogens with one attached hydrogen (secondary N) is 1. The molecule has 0 aliphatic carbocycles. The minimum absolute atomic E-state index is 0.407. The maximum Gasteiger partial charge on any atom is 0.239 e. The van der Waals surface area contributed by atoms with E-state index < -0.39 is 26.7 Å². The number of carbonyl (C=O) groups is 1. The van der Waals surface area contributed by atoms with Crippen molar-refractivity contribution in [3.05, 3.63) is 24.3 Å². The molecule has 7 heteroatoms. The number of carbonyl (C=O) groups excluding carboxylic acids is 1. The van der Waals surface area contributed by atoms with Gasteiger partial charge in [0.2, 0.25) is 5.91 Å². The Morgan fingerprint density at radius 3 is 2.60 bits per heavy atom. The van der Waals surface area contributed by atoms with Gasteiger partial charge >= 0.3 is 0 Å². The maximum atomic E-state index is 12.1. The fourth-order valence-corrected chi connectivity index (χ4v) is 3.72. The molecule has 6 nitrogen and oxygen atoms in total. The molecule has 3 N–H and O–H groups in total. The zero-order valence-corrected chi connectivity index (χ0v) is 11.9. The number of hydrogen-bond donors (Lipinski definition) is 2. The molecular formula is C13H18N2O4S. The van der Waals surface area contributed by atoms with Crippen molar-refractivity contribution in [2.24, 2.45) is 0 Å². The van der Waals surface area contributed by atoms with Crippen LogP contribution in [0.2, 0.25) is 0 Å². The minimum atomic E-state index is -3.45. The summed E-state index contributed by atoms with van der Waals surface area (Å²) < 4.78 is 29.4. The van der Waals surface area contributed by atoms with Gasteiger partial charge in [-0.15, -0.1) is 0 Å². The predicted octanol–water partition coefficient (Wildman–Crippen LogP) is 0.801. The monoisotopic (exact) mass is 298 g/mol. The number of ether oxygens (including phenoxy) is 1. The maximum absolute atomic E-state index is 12.1. The molecular weight excluding hydrogens is 280 g/mol. The van der Waals surface area contributed by atoms with Gasteiger partial charge in [-0.25, -0.2) is 8.42 Å². The average molecular weight is 298 g/mol. The summed E-state index contributed by atoms with van der Waals surface area (Å²) >= 11 is 0. The van der Waals surface area contributed by atoms with Gasteiger partial charge < -0.3 is 15.8 Å². The van der Waals surface area contributed by atoms with E-state index in [-0.39, 0.29) is 0 Å². The lowest BCUT2D eigenvalue weighted by molar-refractivity contribution is -0.113. The molecule has 1 aliphatic rings. The largest absolute Gasteiger partial charge is 0.397 e. The van der Waals surface area contributed by atoms with Crippen molar-refractivity contribution >= 4 is 27.1 Å². The van der Waals surface area contributed by atoms with Crippen LogP contribution in [0.4, 0.5) is 11.4 Å². The molecule has 1 aliphatic heterocycles. The fraction of sp³-hybridized carbons (Fsp3) is 0.462. The number of benzene rings is 1. The number of anilines is 2. The molecule has 0 atom stereocenters. The molecule has 0 saturated carbocycles. The second-order valence-corrected chi connectivity index (χ2v) is 7.04. The van der Waals surface area contributed by atoms with Gasteiger partial charge in [-0.05, 0) is 25.0 Å². The number of nitrogens with two attached hydrogens (primary N) is 1. The Labute approximate surface area is 118 Å². The van der Waals surface area contributed by atoms with E-state index in [0.717, 1.165) is 0 Å². The fourth-order valence-electron chi connectivity index (χ4n) is 2.13. The van der Waals surface area contributed by atoms with Crippen LogP contribution in [-0.2, 0) is 19.4 Å². The highest BCUT2D eigenvalue weighted by Gasteiger charge is 2.29. The van der Waals surface area contributed by atoms with E-state index in [1.807, 2.05) is 0 Å². The van der Waals surface area contributed by atoms with Crippen molar-refractivity contribution in [2.45, 2.75) is 18.1 Å². The summed E-state index contributed by atoms with van der Waals surface area (Å²) in [6, 6.07) is 6.74. The van der Waals surface area contributed by atoms with E-state index in [1.165, 1.54) is 0 Å². The summed E-state index contributed by atoms with van der Waals surface area (Å²) in [5.41, 5.74) is 6.53. The quantitative estimate of drug-likeness (QED) is 0.801. The van der Waals surface area contributed by atoms with E-state index in [1.54, 1.807) is 24.3 Å². The van der Waals surface area contributed by atoms with Crippen LogP contribution in [0.25, 0.3) is 0 Å². The molecule has 1 amide bonds. The van der Waals surface area contributed by atoms with Gasteiger partial charge in [0, 0.05) is 13.2 Å². The number of nitrogen functional groups attached to an aromatic ring is 1. The second-order valence-electron chi connectivity index (χ2n) is 4.75. The second kappa shape index (κ2) is 6.23. The smallest absolute Gasteiger partial charge is 0.239 e. The van der Waals surface area contributed by atoms with Crippen LogP contribution in [0.3, 0.4) is 0 Å². The van der Waals surface area contributed by atoms with Gasteiger partial charge in [-0.2, -0.15) is 0 Å². The van der Waals surface area contributed by atoms with Gasteiger partial charge in [0.1, 0.15) is 5.75 Å². The van der Waals surface area contributed by atoms with Crippen molar-refractivity contribution in [3.8, 4) is 0 Å². The third-order valence-corrected chi connectivity index (χ3v) is 5.40. The van der Waals surface area contributed by atoms with Crippen LogP contribution in [0.15, 0.2) is 24.3 Å². The molecule has 1 aromatic carbocycles. The number of para-hydroxylation sites is 2. The van der Waals surface area contributed by atoms with Crippen LogP contribution in [-0.4, -0.2) is 38.5 Å². The van der Waals surface area contributed by atoms with Crippen molar-refractivity contribution < 1.29 is 17.9 Å². The van der Waals surface area contributed by atoms with Crippen LogP contribution in [0.5, 0.6) is 0 Å². The summed E-state index contributed by atoms with van der Waals surface area (Å²) in [6.45, 7) is 0.855. The third-order valence-electron chi connectivity index (χ3n) is 3.24. The third kappa shape index (κ3) is 3.71. The minimum Gasteiger partial charge on any atom is -0.397 e. The van der Waals surface area contributed by atoms with Gasteiger partial charge in [-0.1, -0.05) is 12.1 Å². The summed E-state index contributed by atoms with van der Waals surface area (Å²) in [4.78, 5) is 11.8. The number of rotatable bonds is 4. The molecule has 0 bridgehead atoms. The molecule has 20 heavy (non-hydrogen) atoms. The molecule has 0 aromatic heterocycles. The lowest BCUT2D eigenvalue weighted by Crippen LogP contribution is -2.34. The Kier molecular flexibility index (Phi) is 4.61. The Bertz CT molecular complexity index is 580. The van der Waals surface area contributed by atoms with Gasteiger partial charge in [0.05, 0.1) is 16.6 Å². The molecule has 110 valence electrons. The molecule has 1 fully saturated rings. The zero-order chi connectivity index (χ0) is 14.6. The van der Waals surface area contributed by atoms with Crippen molar-refractivity contribution in [1.82, 2.24) is 0 Å². The predicted molar refractivity (Wildman–Crippen MR) is 77.1 cm³/mol. The van der Waals surface area contributed by atoms with E-state index in [9.17, 15) is 13.2 Å². The van der Waals surface area contributed by atoms with Crippen LogP contribution in [0.1, 0.15) is 12.8 Å². The first kappa shape index (κ1) is 14.8. The standard InChI is InChI=1S/C13H18N2O4S/c14-11-3-1-2-4-12(11)15-13(16)9-20(17,18)10-5-7-19-8-6-10/h1-4,10H,5-9,14H2,(H,15,16). The lowest BCUT2D eigenvalue weighted by Gasteiger charge is -2.21. The van der Waals surface area contributed by atoms with Gasteiger partial charge in [0.25, 0.3) is 0 Å². The van der Waals surface area contributed by atoms with E-state index in [0.29, 0.717) is 37.4 Å². The van der Waals surface area contributed by atoms with E-state index >= 15 is 0 Å². The zero-order valence-electron chi connectivity index (χ0n) is 11.0. The molecule has 1 saturated heterocycles. The van der Waals surface area contributed by atoms with Gasteiger partial charge in [-0.3, -0.25) is 4.79 Å². The first-order chi connectivity index (χ1) is 9.49. The average Bonchev–Trinajstić information content (AvgIpc) is 2.42. The highest BCUT2D eigenvalue weighted by Crippen LogP contribution is 2.19. The van der Waals surface area contributed by atoms with Crippen molar-refractivity contribution in [3.63, 3.8) is 0 Å². The highest BCUT2D eigenvalue weighted by atomic mass is 32.2. The summed E-state index contributed by atoms with van der Waals surface area (Å²) in [7, 11) is -3.45. The Hall–Kier alpha value is -1.60. The SMILES string of the molecule is Nc1ccccc1NC(=O)CS(=O)(=O)C1CCOCC1. The van der Waals surface area contributed by atoms with Crippen LogP contribution in [0, 0.1) is 0 Å². The Morgan fingerprint density at radius 1 is 1.30 bits per heavy atom. The summed E-state index contributed by atoms with van der Waals surface area (Å²) in [6.07, 6.45) is 0.895. The normalized spacial score (nSPS) is 16.8. The number of amides is 1. The Balaban J connectivity index is 1.98. The molecule has 1 heterocycles. The van der Waals surface area contributed by atoms with E-state index in [4.69, 9.17) is 10.5 Å². The number of sulfone groups is 1. The molecule has 2 rings (SSSR count). The summed E-state index contributed by atoms with van der Waals surface area (Å²) in [5.74, 6) is -1.08. The highest BCUT2D eigenvalue weighted by molar-refractivity contribution is 7.92. The van der Waals surface area contributed by atoms with Crippen LogP contribution >= 0.6 is 0 Å². The number of hydrogen-bond acceptors (Lipinski definition) is 5. The van der Waals surface area contributed by atoms with Gasteiger partial charge in [0.15, 0.2) is 9.84 Å². The Morgan fingerprint density at radius 2 is 1.95 bits per heavy atom. The topological polar surface area (TPSA) is 98.5 Å². The van der Waals surface area contributed by atoms with Crippen molar-refractivity contribution in [2.75, 3.05) is 30.0 Å². The molecule has 1 aromatic rings. The van der Waals surface area contributed by atoms with E-state index in [2.05, 4.69) is 5.32 Å². The summed E-state index contributed by atoms with van der Waals surface area (Å²) in [5, 5.41) is 2.04. The lowest BCUT2D eigenvalue weighted by atomic mass is 10.2. The van der Waals surface area contributed by atoms with Crippen LogP contribution < -0.4 is 11.1 Å². The molecule has 0 spiro atoms. The van der Waals surface area contributed by atoms with Crippen molar-refractivity contribution in [1.29, 1.82) is 0 Å².